The van der Waals surface area contributed by atoms with Crippen LogP contribution in [0.3, 0.4) is 0 Å². The van der Waals surface area contributed by atoms with Gasteiger partial charge in [0.1, 0.15) is 11.9 Å². The van der Waals surface area contributed by atoms with E-state index < -0.39 is 50.3 Å². The van der Waals surface area contributed by atoms with Crippen molar-refractivity contribution in [2.24, 2.45) is 17.4 Å². The highest BCUT2D eigenvalue weighted by atomic mass is 31.2. The Bertz CT molecular complexity index is 2370. The minimum absolute atomic E-state index is 0.0302. The molecule has 5 aromatic rings. The van der Waals surface area contributed by atoms with Crippen LogP contribution in [0.15, 0.2) is 59.5 Å². The number of fused-ring (bicyclic) bond motifs is 1. The molecule has 308 valence electrons. The lowest BCUT2D eigenvalue weighted by Gasteiger charge is -2.22. The summed E-state index contributed by atoms with van der Waals surface area (Å²) >= 11 is 0. The van der Waals surface area contributed by atoms with Crippen LogP contribution in [0, 0.1) is 11.7 Å². The van der Waals surface area contributed by atoms with Crippen LogP contribution in [0.5, 0.6) is 0 Å². The summed E-state index contributed by atoms with van der Waals surface area (Å²) in [5.74, 6) is -2.40. The van der Waals surface area contributed by atoms with Crippen LogP contribution in [0.25, 0.3) is 33.4 Å². The number of ketones is 1. The summed E-state index contributed by atoms with van der Waals surface area (Å²) in [5, 5.41) is 15.9. The molecule has 58 heavy (non-hydrogen) atoms. The van der Waals surface area contributed by atoms with Crippen molar-refractivity contribution in [3.63, 3.8) is 0 Å². The van der Waals surface area contributed by atoms with Gasteiger partial charge in [-0.05, 0) is 55.5 Å². The second-order valence-corrected chi connectivity index (χ2v) is 14.9. The van der Waals surface area contributed by atoms with Crippen molar-refractivity contribution in [1.82, 2.24) is 30.6 Å². The minimum Gasteiger partial charge on any atom is -0.398 e. The molecule has 5 rings (SSSR count). The average Bonchev–Trinajstić information content (AvgIpc) is 3.81. The molecular formula is C36H43FN11O9P. The number of nitrogens with two attached hydrogens (primary N) is 4. The molecule has 0 radical (unpaired) electrons. The van der Waals surface area contributed by atoms with Gasteiger partial charge in [0, 0.05) is 52.6 Å². The Kier molecular flexibility index (Phi) is 13.6. The van der Waals surface area contributed by atoms with Crippen molar-refractivity contribution in [3.8, 4) is 22.4 Å². The number of urea groups is 1. The molecule has 22 heteroatoms. The van der Waals surface area contributed by atoms with E-state index in [1.165, 1.54) is 48.4 Å². The number of primary amides is 1. The number of hydrogen-bond acceptors (Lipinski definition) is 14. The SMILES string of the molecule is CC(=O)c1cc(-c2ncc(-c3cnn(COP(=O)(O)OCc4ccc(NC(=O)[C@H](CCCNC(N)=O)NC(=O)[C@@H](N)C(C)C)cc4)c3)c3onc(N)c23)c(F)cc1N. The van der Waals surface area contributed by atoms with Gasteiger partial charge < -0.3 is 48.3 Å². The quantitative estimate of drug-likeness (QED) is 0.0272. The molecule has 0 saturated heterocycles. The maximum absolute atomic E-state index is 15.1. The number of halogens is 1. The van der Waals surface area contributed by atoms with E-state index in [-0.39, 0.29) is 70.6 Å². The Labute approximate surface area is 330 Å². The van der Waals surface area contributed by atoms with Gasteiger partial charge in [-0.1, -0.05) is 31.1 Å². The molecule has 4 amide bonds. The zero-order valence-electron chi connectivity index (χ0n) is 31.6. The number of carbonyl (C=O) groups is 4. The van der Waals surface area contributed by atoms with E-state index >= 15 is 4.39 Å². The Morgan fingerprint density at radius 1 is 1.05 bits per heavy atom. The van der Waals surface area contributed by atoms with Crippen molar-refractivity contribution in [1.29, 1.82) is 0 Å². The molecule has 0 aliphatic rings. The van der Waals surface area contributed by atoms with Crippen LogP contribution < -0.4 is 38.9 Å². The van der Waals surface area contributed by atoms with Gasteiger partial charge in [-0.25, -0.2) is 18.4 Å². The number of hydrogen-bond donors (Lipinski definition) is 8. The fourth-order valence-corrected chi connectivity index (χ4v) is 6.27. The number of rotatable bonds is 18. The molecule has 0 saturated carbocycles. The largest absolute Gasteiger partial charge is 0.474 e. The third kappa shape index (κ3) is 10.6. The lowest BCUT2D eigenvalue weighted by Crippen LogP contribution is -2.51. The third-order valence-electron chi connectivity index (χ3n) is 8.83. The first-order valence-electron chi connectivity index (χ1n) is 17.7. The molecule has 0 spiro atoms. The molecule has 3 heterocycles. The van der Waals surface area contributed by atoms with E-state index in [1.54, 1.807) is 26.0 Å². The molecule has 0 aliphatic carbocycles. The number of phosphoric ester groups is 1. The highest BCUT2D eigenvalue weighted by Crippen LogP contribution is 2.45. The molecule has 0 aliphatic heterocycles. The van der Waals surface area contributed by atoms with Gasteiger partial charge in [0.2, 0.25) is 11.8 Å². The number of pyridine rings is 1. The number of nitrogen functional groups attached to an aromatic ring is 2. The predicted octanol–water partition coefficient (Wildman–Crippen LogP) is 3.41. The second kappa shape index (κ2) is 18.3. The first-order valence-corrected chi connectivity index (χ1v) is 19.2. The number of benzene rings is 2. The van der Waals surface area contributed by atoms with E-state index in [4.69, 9.17) is 36.5 Å². The lowest BCUT2D eigenvalue weighted by atomic mass is 9.99. The van der Waals surface area contributed by atoms with Gasteiger partial charge in [0.25, 0.3) is 0 Å². The molecule has 2 aromatic carbocycles. The summed E-state index contributed by atoms with van der Waals surface area (Å²) in [6.45, 7) is 4.20. The molecule has 3 atom stereocenters. The second-order valence-electron chi connectivity index (χ2n) is 13.5. The predicted molar refractivity (Wildman–Crippen MR) is 210 cm³/mol. The van der Waals surface area contributed by atoms with E-state index in [2.05, 4.69) is 31.2 Å². The molecular weight excluding hydrogens is 780 g/mol. The van der Waals surface area contributed by atoms with Crippen LogP contribution in [-0.4, -0.2) is 67.1 Å². The number of carbonyl (C=O) groups excluding carboxylic acids is 4. The van der Waals surface area contributed by atoms with E-state index in [9.17, 15) is 28.6 Å². The van der Waals surface area contributed by atoms with Crippen LogP contribution in [-0.2, 0) is 36.5 Å². The molecule has 1 unspecified atom stereocenters. The normalized spacial score (nSPS) is 13.5. The number of Topliss-reactive ketones (excluding diaryl/α,β-unsaturated/α-hetero) is 1. The number of nitrogens with one attached hydrogen (secondary N) is 3. The fraction of sp³-hybridized carbons (Fsp3) is 0.306. The summed E-state index contributed by atoms with van der Waals surface area (Å²) in [6.07, 6.45) is 4.76. The minimum atomic E-state index is -4.62. The van der Waals surface area contributed by atoms with Crippen LogP contribution in [0.1, 0.15) is 49.5 Å². The van der Waals surface area contributed by atoms with Crippen LogP contribution >= 0.6 is 7.82 Å². The van der Waals surface area contributed by atoms with E-state index in [1.807, 2.05) is 0 Å². The van der Waals surface area contributed by atoms with Gasteiger partial charge in [-0.3, -0.25) is 28.4 Å². The molecule has 0 bridgehead atoms. The van der Waals surface area contributed by atoms with Crippen molar-refractivity contribution >= 4 is 59.6 Å². The van der Waals surface area contributed by atoms with Crippen molar-refractivity contribution in [3.05, 3.63) is 71.9 Å². The van der Waals surface area contributed by atoms with Crippen LogP contribution in [0.2, 0.25) is 0 Å². The standard InChI is InChI=1S/C36H43FN11O9P/c1-18(2)30(39)35(51)46-28(5-4-10-42-36(41)52)34(50)45-22-8-6-20(7-9-22)16-55-58(53,54)56-17-48-15-21(13-44-48)25-14-43-31(29-32(25)57-47-33(29)40)24-11-23(19(3)49)27(38)12-26(24)37/h6-9,11-15,18,28,30H,4-5,10,16-17,38-39H2,1-3H3,(H2,40,47)(H,45,50)(H,46,51)(H,53,54)(H3,41,42,52)/t28-,30-/m0/s1. The van der Waals surface area contributed by atoms with Crippen molar-refractivity contribution in [2.45, 2.75) is 59.0 Å². The molecule has 12 N–H and O–H groups in total. The number of nitrogens with zero attached hydrogens (tertiary/aromatic N) is 4. The fourth-order valence-electron chi connectivity index (χ4n) is 5.62. The number of phosphoric acid groups is 1. The summed E-state index contributed by atoms with van der Waals surface area (Å²) < 4.78 is 44.8. The van der Waals surface area contributed by atoms with Crippen molar-refractivity contribution < 1.29 is 46.6 Å². The highest BCUT2D eigenvalue weighted by Gasteiger charge is 2.27. The zero-order chi connectivity index (χ0) is 42.3. The smallest absolute Gasteiger partial charge is 0.398 e. The monoisotopic (exact) mass is 823 g/mol. The van der Waals surface area contributed by atoms with Crippen LogP contribution in [0.4, 0.5) is 26.4 Å². The summed E-state index contributed by atoms with van der Waals surface area (Å²) in [6, 6.07) is 5.96. The Morgan fingerprint density at radius 3 is 2.45 bits per heavy atom. The Hall–Kier alpha value is -6.25. The lowest BCUT2D eigenvalue weighted by molar-refractivity contribution is -0.128. The van der Waals surface area contributed by atoms with E-state index in [0.717, 1.165) is 6.07 Å². The zero-order valence-corrected chi connectivity index (χ0v) is 32.5. The Balaban J connectivity index is 1.19. The molecule has 3 aromatic heterocycles. The highest BCUT2D eigenvalue weighted by molar-refractivity contribution is 7.47. The van der Waals surface area contributed by atoms with Crippen molar-refractivity contribution in [2.75, 3.05) is 23.3 Å². The summed E-state index contributed by atoms with van der Waals surface area (Å²) in [7, 11) is -4.62. The van der Waals surface area contributed by atoms with Gasteiger partial charge in [0.15, 0.2) is 23.9 Å². The topological polar surface area (TPSA) is 321 Å². The number of aromatic nitrogens is 4. The number of anilines is 3. The molecule has 0 fully saturated rings. The average molecular weight is 824 g/mol. The first kappa shape index (κ1) is 42.9. The summed E-state index contributed by atoms with van der Waals surface area (Å²) in [5.41, 5.74) is 24.8. The van der Waals surface area contributed by atoms with Gasteiger partial charge >= 0.3 is 13.9 Å². The van der Waals surface area contributed by atoms with E-state index in [0.29, 0.717) is 28.8 Å². The van der Waals surface area contributed by atoms with Gasteiger partial charge in [-0.2, -0.15) is 5.10 Å². The number of amides is 4. The third-order valence-corrected chi connectivity index (χ3v) is 9.73. The molecule has 20 nitrogen and oxygen atoms in total. The summed E-state index contributed by atoms with van der Waals surface area (Å²) in [4.78, 5) is 63.6. The van der Waals surface area contributed by atoms with Gasteiger partial charge in [-0.15, -0.1) is 0 Å². The Morgan fingerprint density at radius 2 is 1.78 bits per heavy atom. The maximum Gasteiger partial charge on any atom is 0.474 e. The maximum atomic E-state index is 15.1. The van der Waals surface area contributed by atoms with Gasteiger partial charge in [0.05, 0.1) is 29.9 Å². The first-order chi connectivity index (χ1) is 27.4.